The number of aryl methyl sites for hydroxylation is 1. The van der Waals surface area contributed by atoms with Gasteiger partial charge in [-0.05, 0) is 43.3 Å². The average Bonchev–Trinajstić information content (AvgIpc) is 2.44. The highest BCUT2D eigenvalue weighted by Crippen LogP contribution is 2.27. The van der Waals surface area contributed by atoms with Crippen molar-refractivity contribution in [3.8, 4) is 11.4 Å². The van der Waals surface area contributed by atoms with E-state index in [0.717, 1.165) is 0 Å². The molecule has 0 fully saturated rings. The van der Waals surface area contributed by atoms with Crippen LogP contribution < -0.4 is 0 Å². The number of hydrogen-bond acceptors (Lipinski definition) is 2. The van der Waals surface area contributed by atoms with Gasteiger partial charge >= 0.3 is 0 Å². The molecule has 0 amide bonds. The molecule has 5 heteroatoms. The molecule has 3 rings (SSSR count). The van der Waals surface area contributed by atoms with E-state index in [1.165, 1.54) is 18.2 Å². The minimum absolute atomic E-state index is 0.248. The summed E-state index contributed by atoms with van der Waals surface area (Å²) in [6, 6.07) is 8.63. The van der Waals surface area contributed by atoms with Crippen LogP contribution in [0.25, 0.3) is 22.3 Å². The molecule has 0 saturated carbocycles. The molecular formula is C15H9ClF2N2. The van der Waals surface area contributed by atoms with Crippen LogP contribution in [0.4, 0.5) is 8.78 Å². The van der Waals surface area contributed by atoms with Crippen LogP contribution in [0.15, 0.2) is 36.4 Å². The molecule has 0 unspecified atom stereocenters. The Bertz CT molecular complexity index is 801. The maximum Gasteiger partial charge on any atom is 0.161 e. The van der Waals surface area contributed by atoms with E-state index in [0.29, 0.717) is 27.9 Å². The van der Waals surface area contributed by atoms with Crippen LogP contribution in [0, 0.1) is 18.6 Å². The van der Waals surface area contributed by atoms with Gasteiger partial charge in [-0.2, -0.15) is 0 Å². The number of halogens is 3. The van der Waals surface area contributed by atoms with Crippen molar-refractivity contribution in [2.24, 2.45) is 0 Å². The van der Waals surface area contributed by atoms with Crippen molar-refractivity contribution < 1.29 is 8.78 Å². The molecule has 0 aliphatic rings. The number of aromatic nitrogens is 2. The molecule has 1 heterocycles. The first-order valence-electron chi connectivity index (χ1n) is 5.94. The second kappa shape index (κ2) is 4.80. The van der Waals surface area contributed by atoms with Crippen molar-refractivity contribution in [1.82, 2.24) is 9.97 Å². The largest absolute Gasteiger partial charge is 0.228 e. The monoisotopic (exact) mass is 290 g/mol. The zero-order valence-electron chi connectivity index (χ0n) is 10.5. The lowest BCUT2D eigenvalue weighted by molar-refractivity contribution is 0.620. The first kappa shape index (κ1) is 12.9. The second-order valence-electron chi connectivity index (χ2n) is 4.41. The molecule has 0 spiro atoms. The van der Waals surface area contributed by atoms with Gasteiger partial charge in [-0.25, -0.2) is 18.7 Å². The zero-order valence-corrected chi connectivity index (χ0v) is 11.2. The SMILES string of the molecule is Cc1c(F)ccc2c(Cl)nc(-c3ccc(F)cc3)nc12. The van der Waals surface area contributed by atoms with Gasteiger partial charge in [-0.3, -0.25) is 0 Å². The van der Waals surface area contributed by atoms with Crippen molar-refractivity contribution in [2.75, 3.05) is 0 Å². The van der Waals surface area contributed by atoms with Gasteiger partial charge < -0.3 is 0 Å². The van der Waals surface area contributed by atoms with Gasteiger partial charge in [0.25, 0.3) is 0 Å². The summed E-state index contributed by atoms with van der Waals surface area (Å²) in [6.07, 6.45) is 0. The third-order valence-electron chi connectivity index (χ3n) is 3.11. The Morgan fingerprint density at radius 3 is 2.35 bits per heavy atom. The maximum atomic E-state index is 13.6. The summed E-state index contributed by atoms with van der Waals surface area (Å²) in [5, 5.41) is 0.842. The third-order valence-corrected chi connectivity index (χ3v) is 3.40. The van der Waals surface area contributed by atoms with Crippen LogP contribution >= 0.6 is 11.6 Å². The van der Waals surface area contributed by atoms with Crippen molar-refractivity contribution in [3.05, 3.63) is 58.7 Å². The summed E-state index contributed by atoms with van der Waals surface area (Å²) in [7, 11) is 0. The van der Waals surface area contributed by atoms with Gasteiger partial charge in [0.15, 0.2) is 5.82 Å². The molecule has 100 valence electrons. The molecule has 0 radical (unpaired) electrons. The normalized spacial score (nSPS) is 11.0. The molecule has 2 nitrogen and oxygen atoms in total. The van der Waals surface area contributed by atoms with E-state index in [-0.39, 0.29) is 16.8 Å². The predicted molar refractivity (Wildman–Crippen MR) is 74.6 cm³/mol. The first-order chi connectivity index (χ1) is 9.56. The van der Waals surface area contributed by atoms with Gasteiger partial charge in [-0.15, -0.1) is 0 Å². The lowest BCUT2D eigenvalue weighted by Crippen LogP contribution is -1.95. The van der Waals surface area contributed by atoms with Crippen LogP contribution in [0.5, 0.6) is 0 Å². The quantitative estimate of drug-likeness (QED) is 0.615. The lowest BCUT2D eigenvalue weighted by atomic mass is 10.1. The highest BCUT2D eigenvalue weighted by atomic mass is 35.5. The third kappa shape index (κ3) is 2.12. The molecule has 3 aromatic rings. The first-order valence-corrected chi connectivity index (χ1v) is 6.32. The Hall–Kier alpha value is -2.07. The van der Waals surface area contributed by atoms with E-state index in [1.807, 2.05) is 0 Å². The zero-order chi connectivity index (χ0) is 14.3. The van der Waals surface area contributed by atoms with E-state index in [9.17, 15) is 8.78 Å². The summed E-state index contributed by atoms with van der Waals surface area (Å²) < 4.78 is 26.5. The predicted octanol–water partition coefficient (Wildman–Crippen LogP) is 4.54. The highest BCUT2D eigenvalue weighted by Gasteiger charge is 2.12. The Balaban J connectivity index is 2.28. The van der Waals surface area contributed by atoms with E-state index < -0.39 is 0 Å². The van der Waals surface area contributed by atoms with Crippen LogP contribution in [0.2, 0.25) is 5.15 Å². The molecule has 20 heavy (non-hydrogen) atoms. The van der Waals surface area contributed by atoms with Crippen LogP contribution in [0.1, 0.15) is 5.56 Å². The molecule has 0 saturated heterocycles. The van der Waals surface area contributed by atoms with Crippen LogP contribution in [-0.4, -0.2) is 9.97 Å². The lowest BCUT2D eigenvalue weighted by Gasteiger charge is -2.07. The molecule has 0 atom stereocenters. The van der Waals surface area contributed by atoms with E-state index >= 15 is 0 Å². The topological polar surface area (TPSA) is 25.8 Å². The van der Waals surface area contributed by atoms with Crippen molar-refractivity contribution in [1.29, 1.82) is 0 Å². The molecule has 0 N–H and O–H groups in total. The van der Waals surface area contributed by atoms with E-state index in [4.69, 9.17) is 11.6 Å². The highest BCUT2D eigenvalue weighted by molar-refractivity contribution is 6.34. The number of benzene rings is 2. The molecule has 1 aromatic heterocycles. The summed E-state index contributed by atoms with van der Waals surface area (Å²) in [6.45, 7) is 1.63. The Morgan fingerprint density at radius 2 is 1.65 bits per heavy atom. The van der Waals surface area contributed by atoms with E-state index in [2.05, 4.69) is 9.97 Å². The van der Waals surface area contributed by atoms with Gasteiger partial charge in [0, 0.05) is 16.5 Å². The number of nitrogens with zero attached hydrogens (tertiary/aromatic N) is 2. The summed E-state index contributed by atoms with van der Waals surface area (Å²) in [5.74, 6) is -0.351. The van der Waals surface area contributed by atoms with Crippen molar-refractivity contribution in [2.45, 2.75) is 6.92 Å². The number of fused-ring (bicyclic) bond motifs is 1. The Morgan fingerprint density at radius 1 is 0.950 bits per heavy atom. The Kier molecular flexibility index (Phi) is 3.10. The molecule has 2 aromatic carbocycles. The van der Waals surface area contributed by atoms with Gasteiger partial charge in [0.1, 0.15) is 16.8 Å². The molecule has 0 aliphatic heterocycles. The molecule has 0 bridgehead atoms. The standard InChI is InChI=1S/C15H9ClF2N2/c1-8-12(18)7-6-11-13(8)19-15(20-14(11)16)9-2-4-10(17)5-3-9/h2-7H,1H3. The average molecular weight is 291 g/mol. The van der Waals surface area contributed by atoms with Crippen LogP contribution in [0.3, 0.4) is 0 Å². The van der Waals surface area contributed by atoms with Crippen molar-refractivity contribution in [3.63, 3.8) is 0 Å². The second-order valence-corrected chi connectivity index (χ2v) is 4.77. The number of hydrogen-bond donors (Lipinski definition) is 0. The van der Waals surface area contributed by atoms with Gasteiger partial charge in [0.05, 0.1) is 5.52 Å². The fraction of sp³-hybridized carbons (Fsp3) is 0.0667. The maximum absolute atomic E-state index is 13.6. The van der Waals surface area contributed by atoms with Gasteiger partial charge in [0.2, 0.25) is 0 Å². The molecular weight excluding hydrogens is 282 g/mol. The van der Waals surface area contributed by atoms with E-state index in [1.54, 1.807) is 25.1 Å². The minimum Gasteiger partial charge on any atom is -0.228 e. The molecule has 0 aliphatic carbocycles. The fourth-order valence-electron chi connectivity index (χ4n) is 2.00. The van der Waals surface area contributed by atoms with Crippen molar-refractivity contribution >= 4 is 22.5 Å². The Labute approximate surface area is 119 Å². The minimum atomic E-state index is -0.350. The van der Waals surface area contributed by atoms with Gasteiger partial charge in [-0.1, -0.05) is 11.6 Å². The summed E-state index contributed by atoms with van der Waals surface area (Å²) >= 11 is 6.12. The smallest absolute Gasteiger partial charge is 0.161 e. The summed E-state index contributed by atoms with van der Waals surface area (Å²) in [4.78, 5) is 8.52. The van der Waals surface area contributed by atoms with Crippen LogP contribution in [-0.2, 0) is 0 Å². The fourth-order valence-corrected chi connectivity index (χ4v) is 2.23. The summed E-state index contributed by atoms with van der Waals surface area (Å²) in [5.41, 5.74) is 1.50. The number of rotatable bonds is 1.